The lowest BCUT2D eigenvalue weighted by atomic mass is 9.83. The number of rotatable bonds is 6. The van der Waals surface area contributed by atoms with Crippen LogP contribution in [0.5, 0.6) is 0 Å². The SMILES string of the molecule is COCC(NCC1CCC(C)CC1)C(=O)O. The highest BCUT2D eigenvalue weighted by molar-refractivity contribution is 5.73. The minimum absolute atomic E-state index is 0.235. The summed E-state index contributed by atoms with van der Waals surface area (Å²) >= 11 is 0. The van der Waals surface area contributed by atoms with E-state index in [1.165, 1.54) is 32.8 Å². The van der Waals surface area contributed by atoms with E-state index in [1.54, 1.807) is 0 Å². The molecule has 0 aromatic rings. The van der Waals surface area contributed by atoms with Crippen molar-refractivity contribution in [1.82, 2.24) is 5.32 Å². The summed E-state index contributed by atoms with van der Waals surface area (Å²) in [4.78, 5) is 10.9. The van der Waals surface area contributed by atoms with Crippen LogP contribution in [0.2, 0.25) is 0 Å². The van der Waals surface area contributed by atoms with E-state index in [4.69, 9.17) is 9.84 Å². The van der Waals surface area contributed by atoms with Crippen molar-refractivity contribution < 1.29 is 14.6 Å². The molecule has 94 valence electrons. The number of hydrogen-bond donors (Lipinski definition) is 2. The zero-order valence-corrected chi connectivity index (χ0v) is 10.2. The summed E-state index contributed by atoms with van der Waals surface area (Å²) in [6.45, 7) is 3.32. The van der Waals surface area contributed by atoms with Crippen molar-refractivity contribution in [1.29, 1.82) is 0 Å². The number of nitrogens with one attached hydrogen (secondary N) is 1. The largest absolute Gasteiger partial charge is 0.480 e. The molecule has 0 aliphatic heterocycles. The van der Waals surface area contributed by atoms with Crippen LogP contribution in [0.1, 0.15) is 32.6 Å². The van der Waals surface area contributed by atoms with Gasteiger partial charge in [-0.25, -0.2) is 0 Å². The third-order valence-corrected chi connectivity index (χ3v) is 3.42. The summed E-state index contributed by atoms with van der Waals surface area (Å²) in [7, 11) is 1.53. The first kappa shape index (κ1) is 13.5. The molecule has 0 radical (unpaired) electrons. The van der Waals surface area contributed by atoms with Gasteiger partial charge in [-0.3, -0.25) is 4.79 Å². The van der Waals surface area contributed by atoms with E-state index >= 15 is 0 Å². The quantitative estimate of drug-likeness (QED) is 0.724. The van der Waals surface area contributed by atoms with Crippen molar-refractivity contribution in [3.63, 3.8) is 0 Å². The van der Waals surface area contributed by atoms with Crippen LogP contribution >= 0.6 is 0 Å². The van der Waals surface area contributed by atoms with Gasteiger partial charge in [-0.1, -0.05) is 19.8 Å². The molecule has 0 aromatic heterocycles. The van der Waals surface area contributed by atoms with Gasteiger partial charge in [0.1, 0.15) is 6.04 Å². The fourth-order valence-corrected chi connectivity index (χ4v) is 2.23. The molecule has 1 aliphatic carbocycles. The molecule has 0 bridgehead atoms. The van der Waals surface area contributed by atoms with Gasteiger partial charge < -0.3 is 15.2 Å². The third kappa shape index (κ3) is 4.49. The molecule has 0 aromatic carbocycles. The Morgan fingerprint density at radius 3 is 2.56 bits per heavy atom. The van der Waals surface area contributed by atoms with E-state index in [0.29, 0.717) is 5.92 Å². The van der Waals surface area contributed by atoms with Gasteiger partial charge in [-0.15, -0.1) is 0 Å². The molecule has 1 fully saturated rings. The molecule has 1 rings (SSSR count). The number of aliphatic carboxylic acids is 1. The Bertz CT molecular complexity index is 212. The monoisotopic (exact) mass is 229 g/mol. The molecule has 2 N–H and O–H groups in total. The molecule has 4 nitrogen and oxygen atoms in total. The van der Waals surface area contributed by atoms with Crippen LogP contribution in [0, 0.1) is 11.8 Å². The van der Waals surface area contributed by atoms with Crippen LogP contribution in [0.15, 0.2) is 0 Å². The summed E-state index contributed by atoms with van der Waals surface area (Å²) in [5.41, 5.74) is 0. The lowest BCUT2D eigenvalue weighted by Crippen LogP contribution is -2.43. The lowest BCUT2D eigenvalue weighted by molar-refractivity contribution is -0.140. The minimum atomic E-state index is -0.828. The third-order valence-electron chi connectivity index (χ3n) is 3.42. The van der Waals surface area contributed by atoms with Gasteiger partial charge in [0.15, 0.2) is 0 Å². The normalized spacial score (nSPS) is 27.6. The second-order valence-electron chi connectivity index (χ2n) is 4.88. The second kappa shape index (κ2) is 6.86. The highest BCUT2D eigenvalue weighted by Crippen LogP contribution is 2.27. The zero-order valence-electron chi connectivity index (χ0n) is 10.2. The Morgan fingerprint density at radius 1 is 1.44 bits per heavy atom. The van der Waals surface area contributed by atoms with Crippen molar-refractivity contribution in [2.24, 2.45) is 11.8 Å². The maximum Gasteiger partial charge on any atom is 0.323 e. The van der Waals surface area contributed by atoms with Gasteiger partial charge in [-0.2, -0.15) is 0 Å². The van der Waals surface area contributed by atoms with E-state index in [1.807, 2.05) is 0 Å². The van der Waals surface area contributed by atoms with Crippen LogP contribution in [0.3, 0.4) is 0 Å². The van der Waals surface area contributed by atoms with Crippen molar-refractivity contribution in [2.45, 2.75) is 38.6 Å². The molecular weight excluding hydrogens is 206 g/mol. The maximum atomic E-state index is 10.9. The van der Waals surface area contributed by atoms with Crippen LogP contribution < -0.4 is 5.32 Å². The van der Waals surface area contributed by atoms with Crippen LogP contribution in [-0.4, -0.2) is 37.4 Å². The van der Waals surface area contributed by atoms with E-state index in [9.17, 15) is 4.79 Å². The molecule has 1 unspecified atom stereocenters. The predicted molar refractivity (Wildman–Crippen MR) is 62.4 cm³/mol. The molecule has 4 heteroatoms. The lowest BCUT2D eigenvalue weighted by Gasteiger charge is -2.27. The van der Waals surface area contributed by atoms with Gasteiger partial charge in [0.2, 0.25) is 0 Å². The van der Waals surface area contributed by atoms with Crippen molar-refractivity contribution in [2.75, 3.05) is 20.3 Å². The number of ether oxygens (including phenoxy) is 1. The summed E-state index contributed by atoms with van der Waals surface area (Å²) in [6, 6.07) is -0.565. The topological polar surface area (TPSA) is 58.6 Å². The van der Waals surface area contributed by atoms with Crippen LogP contribution in [0.4, 0.5) is 0 Å². The fourth-order valence-electron chi connectivity index (χ4n) is 2.23. The average Bonchev–Trinajstić information content (AvgIpc) is 2.26. The standard InChI is InChI=1S/C12H23NO3/c1-9-3-5-10(6-4-9)7-13-11(8-16-2)12(14)15/h9-11,13H,3-8H2,1-2H3,(H,14,15). The number of carboxylic acids is 1. The molecule has 1 atom stereocenters. The van der Waals surface area contributed by atoms with Gasteiger partial charge in [-0.05, 0) is 31.2 Å². The van der Waals surface area contributed by atoms with E-state index in [2.05, 4.69) is 12.2 Å². The molecule has 1 aliphatic rings. The van der Waals surface area contributed by atoms with Crippen molar-refractivity contribution in [3.05, 3.63) is 0 Å². The number of hydrogen-bond acceptors (Lipinski definition) is 3. The number of carboxylic acid groups (broad SMARTS) is 1. The number of methoxy groups -OCH3 is 1. The van der Waals surface area contributed by atoms with Crippen molar-refractivity contribution >= 4 is 5.97 Å². The molecule has 1 saturated carbocycles. The van der Waals surface area contributed by atoms with Gasteiger partial charge >= 0.3 is 5.97 Å². The Kier molecular flexibility index (Phi) is 5.77. The molecule has 0 spiro atoms. The van der Waals surface area contributed by atoms with Gasteiger partial charge in [0, 0.05) is 7.11 Å². The Hall–Kier alpha value is -0.610. The summed E-state index contributed by atoms with van der Waals surface area (Å²) < 4.78 is 4.88. The summed E-state index contributed by atoms with van der Waals surface area (Å²) in [5, 5.41) is 12.0. The highest BCUT2D eigenvalue weighted by atomic mass is 16.5. The Morgan fingerprint density at radius 2 is 2.06 bits per heavy atom. The summed E-state index contributed by atoms with van der Waals surface area (Å²) in [5.74, 6) is 0.645. The van der Waals surface area contributed by atoms with Gasteiger partial charge in [0.05, 0.1) is 6.61 Å². The molecule has 0 saturated heterocycles. The predicted octanol–water partition coefficient (Wildman–Crippen LogP) is 1.50. The van der Waals surface area contributed by atoms with Crippen LogP contribution in [-0.2, 0) is 9.53 Å². The first-order chi connectivity index (χ1) is 7.63. The molecule has 0 amide bonds. The zero-order chi connectivity index (χ0) is 12.0. The second-order valence-corrected chi connectivity index (χ2v) is 4.88. The highest BCUT2D eigenvalue weighted by Gasteiger charge is 2.21. The number of carbonyl (C=O) groups is 1. The van der Waals surface area contributed by atoms with E-state index in [0.717, 1.165) is 12.5 Å². The maximum absolute atomic E-state index is 10.9. The van der Waals surface area contributed by atoms with Crippen LogP contribution in [0.25, 0.3) is 0 Å². The molecular formula is C12H23NO3. The first-order valence-corrected chi connectivity index (χ1v) is 6.08. The first-order valence-electron chi connectivity index (χ1n) is 6.08. The Labute approximate surface area is 97.4 Å². The smallest absolute Gasteiger partial charge is 0.323 e. The van der Waals surface area contributed by atoms with E-state index in [-0.39, 0.29) is 6.61 Å². The Balaban J connectivity index is 2.23. The average molecular weight is 229 g/mol. The fraction of sp³-hybridized carbons (Fsp3) is 0.917. The van der Waals surface area contributed by atoms with Crippen molar-refractivity contribution in [3.8, 4) is 0 Å². The summed E-state index contributed by atoms with van der Waals surface area (Å²) in [6.07, 6.45) is 4.98. The van der Waals surface area contributed by atoms with Gasteiger partial charge in [0.25, 0.3) is 0 Å². The molecule has 0 heterocycles. The minimum Gasteiger partial charge on any atom is -0.480 e. The molecule has 16 heavy (non-hydrogen) atoms. The van der Waals surface area contributed by atoms with E-state index < -0.39 is 12.0 Å².